The van der Waals surface area contributed by atoms with Crippen molar-refractivity contribution in [2.75, 3.05) is 0 Å². The Labute approximate surface area is 129 Å². The number of hydrogen-bond donors (Lipinski definition) is 0. The molecule has 0 saturated carbocycles. The van der Waals surface area contributed by atoms with Crippen LogP contribution in [-0.2, 0) is 13.7 Å². The number of nitrogens with zero attached hydrogens (tertiary/aromatic N) is 2. The molecule has 110 valence electrons. The van der Waals surface area contributed by atoms with Crippen LogP contribution in [0.4, 0.5) is 0 Å². The van der Waals surface area contributed by atoms with E-state index < -0.39 is 0 Å². The van der Waals surface area contributed by atoms with Crippen LogP contribution in [-0.4, -0.2) is 16.1 Å². The maximum absolute atomic E-state index is 11.1. The second-order valence-corrected chi connectivity index (χ2v) is 5.02. The molecule has 2 aromatic carbocycles. The zero-order valence-corrected chi connectivity index (χ0v) is 12.3. The van der Waals surface area contributed by atoms with Gasteiger partial charge in [-0.15, -0.1) is 0 Å². The lowest BCUT2D eigenvalue weighted by Crippen LogP contribution is -1.95. The van der Waals surface area contributed by atoms with Gasteiger partial charge >= 0.3 is 0 Å². The molecule has 0 atom stereocenters. The second kappa shape index (κ2) is 6.26. The van der Waals surface area contributed by atoms with Gasteiger partial charge in [-0.2, -0.15) is 5.10 Å². The molecule has 0 N–H and O–H groups in total. The molecule has 22 heavy (non-hydrogen) atoms. The van der Waals surface area contributed by atoms with Gasteiger partial charge < -0.3 is 4.74 Å². The van der Waals surface area contributed by atoms with E-state index in [-0.39, 0.29) is 0 Å². The van der Waals surface area contributed by atoms with E-state index in [4.69, 9.17) is 4.74 Å². The molecule has 1 heterocycles. The summed E-state index contributed by atoms with van der Waals surface area (Å²) in [5.41, 5.74) is 3.27. The van der Waals surface area contributed by atoms with Crippen molar-refractivity contribution in [3.8, 4) is 16.9 Å². The number of carbonyl (C=O) groups excluding carboxylic acids is 1. The zero-order chi connectivity index (χ0) is 15.4. The van der Waals surface area contributed by atoms with E-state index in [1.807, 2.05) is 60.8 Å². The molecule has 0 bridgehead atoms. The number of hydrogen-bond acceptors (Lipinski definition) is 3. The minimum absolute atomic E-state index is 0.433. The largest absolute Gasteiger partial charge is 0.489 e. The predicted octanol–water partition coefficient (Wildman–Crippen LogP) is 3.48. The third kappa shape index (κ3) is 3.06. The summed E-state index contributed by atoms with van der Waals surface area (Å²) >= 11 is 0. The number of aromatic nitrogens is 2. The van der Waals surface area contributed by atoms with Crippen LogP contribution in [0.2, 0.25) is 0 Å². The molecular weight excluding hydrogens is 276 g/mol. The highest BCUT2D eigenvalue weighted by molar-refractivity contribution is 5.85. The van der Waals surface area contributed by atoms with Crippen LogP contribution >= 0.6 is 0 Å². The molecule has 3 rings (SSSR count). The van der Waals surface area contributed by atoms with E-state index in [1.165, 1.54) is 0 Å². The summed E-state index contributed by atoms with van der Waals surface area (Å²) in [5, 5.41) is 4.14. The number of rotatable bonds is 5. The van der Waals surface area contributed by atoms with Crippen molar-refractivity contribution in [2.24, 2.45) is 7.05 Å². The fourth-order valence-corrected chi connectivity index (χ4v) is 2.31. The predicted molar refractivity (Wildman–Crippen MR) is 84.8 cm³/mol. The Morgan fingerprint density at radius 2 is 1.95 bits per heavy atom. The van der Waals surface area contributed by atoms with Crippen LogP contribution in [0.1, 0.15) is 16.1 Å². The molecule has 0 amide bonds. The first-order valence-electron chi connectivity index (χ1n) is 7.02. The van der Waals surface area contributed by atoms with E-state index in [0.29, 0.717) is 12.3 Å². The van der Waals surface area contributed by atoms with Gasteiger partial charge in [0.25, 0.3) is 0 Å². The molecule has 4 nitrogen and oxygen atoms in total. The quantitative estimate of drug-likeness (QED) is 0.676. The standard InChI is InChI=1S/C18H16N2O2/c1-20-11-17(18(12-21)19-20)15-8-5-9-16(10-15)22-13-14-6-3-2-4-7-14/h2-12H,13H2,1H3. The molecule has 1 aromatic heterocycles. The number of benzene rings is 2. The van der Waals surface area contributed by atoms with Crippen LogP contribution in [0.3, 0.4) is 0 Å². The molecule has 0 saturated heterocycles. The van der Waals surface area contributed by atoms with Crippen molar-refractivity contribution < 1.29 is 9.53 Å². The summed E-state index contributed by atoms with van der Waals surface area (Å²) in [6, 6.07) is 17.7. The lowest BCUT2D eigenvalue weighted by Gasteiger charge is -2.08. The monoisotopic (exact) mass is 292 g/mol. The normalized spacial score (nSPS) is 10.4. The minimum Gasteiger partial charge on any atom is -0.489 e. The molecular formula is C18H16N2O2. The number of aryl methyl sites for hydroxylation is 1. The Morgan fingerprint density at radius 1 is 1.14 bits per heavy atom. The van der Waals surface area contributed by atoms with Gasteiger partial charge in [-0.3, -0.25) is 9.48 Å². The van der Waals surface area contributed by atoms with Gasteiger partial charge in [0.05, 0.1) is 0 Å². The van der Waals surface area contributed by atoms with Crippen molar-refractivity contribution >= 4 is 6.29 Å². The average molecular weight is 292 g/mol. The van der Waals surface area contributed by atoms with E-state index in [2.05, 4.69) is 5.10 Å². The first-order valence-corrected chi connectivity index (χ1v) is 7.02. The summed E-state index contributed by atoms with van der Waals surface area (Å²) in [7, 11) is 1.80. The van der Waals surface area contributed by atoms with Crippen molar-refractivity contribution in [1.82, 2.24) is 9.78 Å². The first kappa shape index (κ1) is 14.1. The maximum atomic E-state index is 11.1. The fourth-order valence-electron chi connectivity index (χ4n) is 2.31. The van der Waals surface area contributed by atoms with E-state index in [9.17, 15) is 4.79 Å². The topological polar surface area (TPSA) is 44.1 Å². The van der Waals surface area contributed by atoms with Crippen LogP contribution in [0, 0.1) is 0 Å². The summed E-state index contributed by atoms with van der Waals surface area (Å²) in [6.07, 6.45) is 2.60. The molecule has 0 unspecified atom stereocenters. The number of ether oxygens (including phenoxy) is 1. The molecule has 0 fully saturated rings. The van der Waals surface area contributed by atoms with E-state index >= 15 is 0 Å². The van der Waals surface area contributed by atoms with Crippen LogP contribution in [0.5, 0.6) is 5.75 Å². The Morgan fingerprint density at radius 3 is 2.73 bits per heavy atom. The van der Waals surface area contributed by atoms with Gasteiger partial charge in [0, 0.05) is 18.8 Å². The minimum atomic E-state index is 0.433. The number of carbonyl (C=O) groups is 1. The fraction of sp³-hybridized carbons (Fsp3) is 0.111. The second-order valence-electron chi connectivity index (χ2n) is 5.02. The molecule has 0 aliphatic heterocycles. The molecule has 0 aliphatic rings. The third-order valence-electron chi connectivity index (χ3n) is 3.36. The molecule has 0 aliphatic carbocycles. The summed E-state index contributed by atoms with van der Waals surface area (Å²) in [6.45, 7) is 0.512. The van der Waals surface area contributed by atoms with Crippen molar-refractivity contribution in [3.05, 3.63) is 72.1 Å². The molecule has 3 aromatic rings. The zero-order valence-electron chi connectivity index (χ0n) is 12.3. The Kier molecular flexibility index (Phi) is 4.01. The van der Waals surface area contributed by atoms with Crippen molar-refractivity contribution in [3.63, 3.8) is 0 Å². The Hall–Kier alpha value is -2.88. The third-order valence-corrected chi connectivity index (χ3v) is 3.36. The lowest BCUT2D eigenvalue weighted by molar-refractivity contribution is 0.111. The van der Waals surface area contributed by atoms with Crippen molar-refractivity contribution in [1.29, 1.82) is 0 Å². The van der Waals surface area contributed by atoms with Crippen LogP contribution < -0.4 is 4.74 Å². The average Bonchev–Trinajstić information content (AvgIpc) is 2.95. The highest BCUT2D eigenvalue weighted by Crippen LogP contribution is 2.26. The highest BCUT2D eigenvalue weighted by Gasteiger charge is 2.09. The Bertz CT molecular complexity index is 779. The SMILES string of the molecule is Cn1cc(-c2cccc(OCc3ccccc3)c2)c(C=O)n1. The van der Waals surface area contributed by atoms with Gasteiger partial charge in [-0.25, -0.2) is 0 Å². The number of aldehydes is 1. The van der Waals surface area contributed by atoms with Gasteiger partial charge in [-0.1, -0.05) is 42.5 Å². The Balaban J connectivity index is 1.82. The summed E-state index contributed by atoms with van der Waals surface area (Å²) < 4.78 is 7.45. The molecule has 0 spiro atoms. The lowest BCUT2D eigenvalue weighted by atomic mass is 10.1. The van der Waals surface area contributed by atoms with Crippen LogP contribution in [0.25, 0.3) is 11.1 Å². The first-order chi connectivity index (χ1) is 10.8. The van der Waals surface area contributed by atoms with Gasteiger partial charge in [-0.05, 0) is 23.3 Å². The molecule has 4 heteroatoms. The van der Waals surface area contributed by atoms with Gasteiger partial charge in [0.2, 0.25) is 0 Å². The van der Waals surface area contributed by atoms with E-state index in [1.54, 1.807) is 11.7 Å². The van der Waals surface area contributed by atoms with Crippen LogP contribution in [0.15, 0.2) is 60.8 Å². The summed E-state index contributed by atoms with van der Waals surface area (Å²) in [4.78, 5) is 11.1. The highest BCUT2D eigenvalue weighted by atomic mass is 16.5. The van der Waals surface area contributed by atoms with E-state index in [0.717, 1.165) is 28.7 Å². The summed E-state index contributed by atoms with van der Waals surface area (Å²) in [5.74, 6) is 0.766. The van der Waals surface area contributed by atoms with Gasteiger partial charge in [0.1, 0.15) is 18.1 Å². The molecule has 0 radical (unpaired) electrons. The van der Waals surface area contributed by atoms with Crippen molar-refractivity contribution in [2.45, 2.75) is 6.61 Å². The smallest absolute Gasteiger partial charge is 0.170 e. The van der Waals surface area contributed by atoms with Gasteiger partial charge in [0.15, 0.2) is 6.29 Å². The maximum Gasteiger partial charge on any atom is 0.170 e.